The Kier molecular flexibility index (Phi) is 6.88. The van der Waals surface area contributed by atoms with E-state index in [1.807, 2.05) is 4.40 Å². The summed E-state index contributed by atoms with van der Waals surface area (Å²) in [7, 11) is 0. The van der Waals surface area contributed by atoms with Gasteiger partial charge < -0.3 is 0 Å². The van der Waals surface area contributed by atoms with Crippen LogP contribution in [-0.2, 0) is 18.3 Å². The van der Waals surface area contributed by atoms with Crippen LogP contribution in [0.5, 0.6) is 0 Å². The van der Waals surface area contributed by atoms with E-state index in [4.69, 9.17) is 4.98 Å². The standard InChI is InChI=1S/C52H44N2O/c1-6-8-14-29-20-25-41-42(26-29)54-50(53-41)48-38-27-36(32-17-11-10-16-30(32)15-9-7-2)34-23-21-31-22-24-35-37(33-18-12-13-19-40(33)52(3,4)5)28-39(49(48)51(54)55)47-45(35)43(31)44(34)46(38)47/h10-13,16-28H,6-9,14-15H2,1-5H3. The van der Waals surface area contributed by atoms with E-state index in [1.165, 1.54) is 82.0 Å². The van der Waals surface area contributed by atoms with Gasteiger partial charge in [-0.3, -0.25) is 9.20 Å². The first-order valence-electron chi connectivity index (χ1n) is 20.3. The molecule has 2 aromatic heterocycles. The van der Waals surface area contributed by atoms with Crippen molar-refractivity contribution in [2.45, 2.75) is 78.6 Å². The van der Waals surface area contributed by atoms with Crippen molar-refractivity contribution in [2.75, 3.05) is 0 Å². The summed E-state index contributed by atoms with van der Waals surface area (Å²) >= 11 is 0. The Morgan fingerprint density at radius 1 is 0.564 bits per heavy atom. The Hall–Kier alpha value is -5.80. The number of nitrogens with zero attached hydrogens (tertiary/aromatic N) is 2. The second-order valence-corrected chi connectivity index (χ2v) is 17.1. The summed E-state index contributed by atoms with van der Waals surface area (Å²) in [6, 6.07) is 38.5. The number of benzene rings is 8. The number of hydrogen-bond acceptors (Lipinski definition) is 2. The molecule has 55 heavy (non-hydrogen) atoms. The average Bonchev–Trinajstić information content (AvgIpc) is 3.85. The largest absolute Gasteiger partial charge is 0.268 e. The average molecular weight is 713 g/mol. The Balaban J connectivity index is 1.39. The minimum atomic E-state index is -0.0659. The Labute approximate surface area is 320 Å². The maximum absolute atomic E-state index is 15.4. The molecule has 0 amide bonds. The molecule has 0 atom stereocenters. The van der Waals surface area contributed by atoms with Crippen LogP contribution in [-0.4, -0.2) is 9.38 Å². The molecule has 0 spiro atoms. The number of fused-ring (bicyclic) bond motifs is 7. The van der Waals surface area contributed by atoms with Crippen LogP contribution in [0, 0.1) is 0 Å². The van der Waals surface area contributed by atoms with Crippen LogP contribution in [0.15, 0.2) is 108 Å². The smallest absolute Gasteiger partial charge is 0.265 e. The van der Waals surface area contributed by atoms with Gasteiger partial charge in [0, 0.05) is 5.39 Å². The second-order valence-electron chi connectivity index (χ2n) is 17.1. The molecule has 268 valence electrons. The molecule has 9 aromatic carbocycles. The molecule has 11 aromatic rings. The topological polar surface area (TPSA) is 34.4 Å². The summed E-state index contributed by atoms with van der Waals surface area (Å²) in [5.74, 6) is 0. The zero-order valence-corrected chi connectivity index (χ0v) is 32.4. The minimum absolute atomic E-state index is 0.0320. The molecule has 0 fully saturated rings. The lowest BCUT2D eigenvalue weighted by Crippen LogP contribution is -2.12. The molecule has 0 N–H and O–H groups in total. The molecular weight excluding hydrogens is 669 g/mol. The number of rotatable bonds is 8. The van der Waals surface area contributed by atoms with Crippen molar-refractivity contribution in [3.8, 4) is 22.3 Å². The van der Waals surface area contributed by atoms with Crippen molar-refractivity contribution in [3.63, 3.8) is 0 Å². The molecule has 0 bridgehead atoms. The van der Waals surface area contributed by atoms with Gasteiger partial charge >= 0.3 is 0 Å². The van der Waals surface area contributed by atoms with E-state index < -0.39 is 0 Å². The van der Waals surface area contributed by atoms with Gasteiger partial charge in [-0.1, -0.05) is 126 Å². The summed E-state index contributed by atoms with van der Waals surface area (Å²) in [6.07, 6.45) is 6.57. The molecule has 3 nitrogen and oxygen atoms in total. The molecule has 0 aliphatic heterocycles. The van der Waals surface area contributed by atoms with Gasteiger partial charge in [0.15, 0.2) is 0 Å². The van der Waals surface area contributed by atoms with Crippen LogP contribution in [0.1, 0.15) is 77.0 Å². The van der Waals surface area contributed by atoms with Crippen molar-refractivity contribution < 1.29 is 0 Å². The molecule has 0 radical (unpaired) electrons. The molecule has 0 saturated heterocycles. The highest BCUT2D eigenvalue weighted by Crippen LogP contribution is 2.55. The maximum Gasteiger partial charge on any atom is 0.265 e. The first kappa shape index (κ1) is 32.6. The van der Waals surface area contributed by atoms with Gasteiger partial charge in [0.05, 0.1) is 16.4 Å². The molecule has 0 aliphatic rings. The van der Waals surface area contributed by atoms with E-state index in [1.54, 1.807) is 0 Å². The third-order valence-electron chi connectivity index (χ3n) is 12.7. The summed E-state index contributed by atoms with van der Waals surface area (Å²) in [5.41, 5.74) is 11.4. The normalized spacial score (nSPS) is 13.0. The number of hydrogen-bond donors (Lipinski definition) is 0. The van der Waals surface area contributed by atoms with Crippen LogP contribution in [0.25, 0.3) is 104 Å². The Morgan fingerprint density at radius 2 is 1.18 bits per heavy atom. The lowest BCUT2D eigenvalue weighted by atomic mass is 9.80. The second kappa shape index (κ2) is 11.6. The summed E-state index contributed by atoms with van der Waals surface area (Å²) in [4.78, 5) is 20.7. The van der Waals surface area contributed by atoms with Gasteiger partial charge in [0.2, 0.25) is 0 Å². The fraction of sp³-hybridized carbons (Fsp3) is 0.231. The zero-order valence-electron chi connectivity index (χ0n) is 32.4. The van der Waals surface area contributed by atoms with Crippen LogP contribution in [0.3, 0.4) is 0 Å². The molecule has 0 saturated carbocycles. The van der Waals surface area contributed by atoms with E-state index in [0.29, 0.717) is 0 Å². The van der Waals surface area contributed by atoms with E-state index in [2.05, 4.69) is 138 Å². The fourth-order valence-electron chi connectivity index (χ4n) is 10.2. The number of unbranched alkanes of at least 4 members (excludes halogenated alkanes) is 2. The molecule has 0 unspecified atom stereocenters. The van der Waals surface area contributed by atoms with Crippen molar-refractivity contribution in [3.05, 3.63) is 130 Å². The van der Waals surface area contributed by atoms with Gasteiger partial charge in [-0.2, -0.15) is 0 Å². The van der Waals surface area contributed by atoms with E-state index in [0.717, 1.165) is 76.8 Å². The number of imidazole rings is 1. The molecule has 0 aliphatic carbocycles. The van der Waals surface area contributed by atoms with Crippen LogP contribution in [0.4, 0.5) is 0 Å². The van der Waals surface area contributed by atoms with E-state index >= 15 is 4.79 Å². The van der Waals surface area contributed by atoms with Crippen molar-refractivity contribution in [2.24, 2.45) is 0 Å². The monoisotopic (exact) mass is 712 g/mol. The quantitative estimate of drug-likeness (QED) is 0.147. The maximum atomic E-state index is 15.4. The van der Waals surface area contributed by atoms with Gasteiger partial charge in [-0.25, -0.2) is 4.98 Å². The third-order valence-corrected chi connectivity index (χ3v) is 12.7. The Bertz CT molecular complexity index is 3340. The minimum Gasteiger partial charge on any atom is -0.268 e. The van der Waals surface area contributed by atoms with E-state index in [-0.39, 0.29) is 11.0 Å². The van der Waals surface area contributed by atoms with Gasteiger partial charge in [-0.05, 0) is 148 Å². The van der Waals surface area contributed by atoms with Crippen molar-refractivity contribution in [1.82, 2.24) is 9.38 Å². The van der Waals surface area contributed by atoms with Crippen molar-refractivity contribution >= 4 is 81.3 Å². The molecule has 2 heterocycles. The molecular formula is C52H44N2O. The lowest BCUT2D eigenvalue weighted by Gasteiger charge is -2.24. The predicted octanol–water partition coefficient (Wildman–Crippen LogP) is 13.8. The van der Waals surface area contributed by atoms with Gasteiger partial charge in [-0.15, -0.1) is 0 Å². The number of aryl methyl sites for hydroxylation is 2. The first-order valence-corrected chi connectivity index (χ1v) is 20.3. The summed E-state index contributed by atoms with van der Waals surface area (Å²) < 4.78 is 1.94. The van der Waals surface area contributed by atoms with E-state index in [9.17, 15) is 0 Å². The van der Waals surface area contributed by atoms with Gasteiger partial charge in [0.25, 0.3) is 5.56 Å². The molecule has 11 rings (SSSR count). The first-order chi connectivity index (χ1) is 26.8. The highest BCUT2D eigenvalue weighted by atomic mass is 16.1. The van der Waals surface area contributed by atoms with Crippen LogP contribution < -0.4 is 5.56 Å². The summed E-state index contributed by atoms with van der Waals surface area (Å²) in [5, 5.41) is 14.1. The number of aromatic nitrogens is 2. The third kappa shape index (κ3) is 4.38. The molecule has 3 heteroatoms. The highest BCUT2D eigenvalue weighted by Gasteiger charge is 2.30. The predicted molar refractivity (Wildman–Crippen MR) is 236 cm³/mol. The zero-order chi connectivity index (χ0) is 37.3. The fourth-order valence-corrected chi connectivity index (χ4v) is 10.2. The van der Waals surface area contributed by atoms with Crippen LogP contribution in [0.2, 0.25) is 0 Å². The van der Waals surface area contributed by atoms with Crippen molar-refractivity contribution in [1.29, 1.82) is 0 Å². The summed E-state index contributed by atoms with van der Waals surface area (Å²) in [6.45, 7) is 11.4. The van der Waals surface area contributed by atoms with Gasteiger partial charge in [0.1, 0.15) is 5.65 Å². The lowest BCUT2D eigenvalue weighted by molar-refractivity contribution is 0.592. The Morgan fingerprint density at radius 3 is 1.89 bits per heavy atom. The van der Waals surface area contributed by atoms with Crippen LogP contribution >= 0.6 is 0 Å². The highest BCUT2D eigenvalue weighted by molar-refractivity contribution is 6.50. The SMILES string of the molecule is CCCCc1ccc2nc3c4c5cc(-c6ccccc6CCCC)c6ccc7ccc8c(-c9ccccc9C(C)(C)C)cc(c4c(=O)n3c2c1)c1c8c7c6c51.